The van der Waals surface area contributed by atoms with Crippen molar-refractivity contribution >= 4 is 40.0 Å². The molecule has 2 N–H and O–H groups in total. The van der Waals surface area contributed by atoms with Crippen molar-refractivity contribution in [1.29, 1.82) is 0 Å². The van der Waals surface area contributed by atoms with Gasteiger partial charge in [-0.1, -0.05) is 12.1 Å². The van der Waals surface area contributed by atoms with Gasteiger partial charge in [-0.3, -0.25) is 10.1 Å². The van der Waals surface area contributed by atoms with E-state index in [0.717, 1.165) is 11.4 Å². The van der Waals surface area contributed by atoms with Gasteiger partial charge in [0.15, 0.2) is 5.11 Å². The Kier molecular flexibility index (Phi) is 5.85. The average molecular weight is 435 g/mol. The lowest BCUT2D eigenvalue weighted by atomic mass is 10.2. The molecule has 0 atom stereocenters. The Balaban J connectivity index is 1.47. The largest absolute Gasteiger partial charge is 0.494 e. The van der Waals surface area contributed by atoms with E-state index in [1.165, 1.54) is 23.0 Å². The Bertz CT molecular complexity index is 1260. The van der Waals surface area contributed by atoms with Crippen LogP contribution < -0.4 is 15.4 Å². The molecule has 31 heavy (non-hydrogen) atoms. The van der Waals surface area contributed by atoms with Crippen LogP contribution in [0, 0.1) is 5.82 Å². The van der Waals surface area contributed by atoms with E-state index in [9.17, 15) is 9.18 Å². The van der Waals surface area contributed by atoms with Crippen LogP contribution in [0.4, 0.5) is 10.1 Å². The molecule has 0 aliphatic heterocycles. The maximum atomic E-state index is 13.7. The lowest BCUT2D eigenvalue weighted by Gasteiger charge is -2.09. The van der Waals surface area contributed by atoms with E-state index in [1.807, 2.05) is 31.2 Å². The number of aromatic nitrogens is 3. The van der Waals surface area contributed by atoms with Crippen molar-refractivity contribution < 1.29 is 13.9 Å². The Morgan fingerprint density at radius 3 is 2.55 bits per heavy atom. The van der Waals surface area contributed by atoms with Crippen molar-refractivity contribution in [3.05, 3.63) is 78.1 Å². The number of nitrogens with one attached hydrogen (secondary N) is 2. The number of carbonyl (C=O) groups is 1. The van der Waals surface area contributed by atoms with Gasteiger partial charge in [0.1, 0.15) is 22.6 Å². The molecule has 3 aromatic carbocycles. The number of fused-ring (bicyclic) bond motifs is 1. The minimum atomic E-state index is -0.627. The summed E-state index contributed by atoms with van der Waals surface area (Å²) in [5.41, 5.74) is 2.66. The third kappa shape index (κ3) is 4.67. The van der Waals surface area contributed by atoms with Crippen LogP contribution in [0.25, 0.3) is 16.7 Å². The first-order chi connectivity index (χ1) is 15.0. The van der Waals surface area contributed by atoms with E-state index in [0.29, 0.717) is 23.3 Å². The standard InChI is InChI=1S/C22H18FN5O2S/c1-2-30-16-10-8-15(9-11-16)28-26-19-12-7-14(13-20(19)27-28)24-22(31)25-21(29)17-5-3-4-6-18(17)23/h3-13H,2H2,1H3,(H2,24,25,29,31). The van der Waals surface area contributed by atoms with Crippen molar-refractivity contribution in [2.45, 2.75) is 6.92 Å². The second kappa shape index (κ2) is 8.88. The Hall–Kier alpha value is -3.85. The molecular weight excluding hydrogens is 417 g/mol. The molecule has 156 valence electrons. The number of halogens is 1. The van der Waals surface area contributed by atoms with Gasteiger partial charge in [0, 0.05) is 5.69 Å². The average Bonchev–Trinajstić information content (AvgIpc) is 3.18. The number of ether oxygens (including phenoxy) is 1. The number of nitrogens with zero attached hydrogens (tertiary/aromatic N) is 3. The molecular formula is C22H18FN5O2S. The van der Waals surface area contributed by atoms with Crippen molar-refractivity contribution in [2.24, 2.45) is 0 Å². The predicted molar refractivity (Wildman–Crippen MR) is 120 cm³/mol. The van der Waals surface area contributed by atoms with Gasteiger partial charge in [0.25, 0.3) is 5.91 Å². The van der Waals surface area contributed by atoms with Crippen LogP contribution in [0.3, 0.4) is 0 Å². The zero-order valence-electron chi connectivity index (χ0n) is 16.5. The number of anilines is 1. The first-order valence-corrected chi connectivity index (χ1v) is 9.91. The highest BCUT2D eigenvalue weighted by Crippen LogP contribution is 2.19. The van der Waals surface area contributed by atoms with Crippen molar-refractivity contribution in [3.8, 4) is 11.4 Å². The molecule has 0 aliphatic carbocycles. The SMILES string of the molecule is CCOc1ccc(-n2nc3ccc(NC(=S)NC(=O)c4ccccc4F)cc3n2)cc1. The minimum absolute atomic E-state index is 0.0477. The van der Waals surface area contributed by atoms with Crippen LogP contribution in [-0.4, -0.2) is 32.6 Å². The molecule has 0 unspecified atom stereocenters. The van der Waals surface area contributed by atoms with Gasteiger partial charge in [0.2, 0.25) is 0 Å². The number of carbonyl (C=O) groups excluding carboxylic acids is 1. The fourth-order valence-electron chi connectivity index (χ4n) is 2.93. The number of amides is 1. The molecule has 1 amide bonds. The highest BCUT2D eigenvalue weighted by molar-refractivity contribution is 7.80. The minimum Gasteiger partial charge on any atom is -0.494 e. The first kappa shape index (κ1) is 20.4. The summed E-state index contributed by atoms with van der Waals surface area (Å²) in [5, 5.41) is 14.4. The van der Waals surface area contributed by atoms with Crippen molar-refractivity contribution in [3.63, 3.8) is 0 Å². The van der Waals surface area contributed by atoms with E-state index < -0.39 is 11.7 Å². The molecule has 0 bridgehead atoms. The lowest BCUT2D eigenvalue weighted by Crippen LogP contribution is -2.34. The molecule has 1 aromatic heterocycles. The smallest absolute Gasteiger partial charge is 0.260 e. The summed E-state index contributed by atoms with van der Waals surface area (Å²) in [6.07, 6.45) is 0. The summed E-state index contributed by atoms with van der Waals surface area (Å²) in [7, 11) is 0. The van der Waals surface area contributed by atoms with Gasteiger partial charge in [-0.15, -0.1) is 10.2 Å². The number of rotatable bonds is 5. The van der Waals surface area contributed by atoms with Crippen LogP contribution in [-0.2, 0) is 0 Å². The molecule has 0 saturated heterocycles. The number of benzene rings is 3. The summed E-state index contributed by atoms with van der Waals surface area (Å²) >= 11 is 5.18. The highest BCUT2D eigenvalue weighted by Gasteiger charge is 2.13. The Morgan fingerprint density at radius 2 is 1.81 bits per heavy atom. The summed E-state index contributed by atoms with van der Waals surface area (Å²) in [4.78, 5) is 13.7. The maximum absolute atomic E-state index is 13.7. The van der Waals surface area contributed by atoms with Gasteiger partial charge < -0.3 is 10.1 Å². The van der Waals surface area contributed by atoms with Crippen LogP contribution in [0.5, 0.6) is 5.75 Å². The van der Waals surface area contributed by atoms with Crippen molar-refractivity contribution in [2.75, 3.05) is 11.9 Å². The second-order valence-electron chi connectivity index (χ2n) is 6.51. The van der Waals surface area contributed by atoms with Crippen LogP contribution in [0.2, 0.25) is 0 Å². The monoisotopic (exact) mass is 435 g/mol. The first-order valence-electron chi connectivity index (χ1n) is 9.50. The zero-order chi connectivity index (χ0) is 21.8. The molecule has 0 saturated carbocycles. The number of hydrogen-bond donors (Lipinski definition) is 2. The van der Waals surface area contributed by atoms with E-state index in [-0.39, 0.29) is 10.7 Å². The van der Waals surface area contributed by atoms with Crippen LogP contribution >= 0.6 is 12.2 Å². The zero-order valence-corrected chi connectivity index (χ0v) is 17.3. The quantitative estimate of drug-likeness (QED) is 0.460. The fraction of sp³-hybridized carbons (Fsp3) is 0.0909. The van der Waals surface area contributed by atoms with Crippen molar-refractivity contribution in [1.82, 2.24) is 20.3 Å². The predicted octanol–water partition coefficient (Wildman–Crippen LogP) is 4.09. The summed E-state index contributed by atoms with van der Waals surface area (Å²) in [5.74, 6) is -0.464. The van der Waals surface area contributed by atoms with Gasteiger partial charge in [-0.05, 0) is 73.7 Å². The third-order valence-electron chi connectivity index (χ3n) is 4.36. The number of hydrogen-bond acceptors (Lipinski definition) is 5. The Morgan fingerprint density at radius 1 is 1.06 bits per heavy atom. The van der Waals surface area contributed by atoms with Crippen LogP contribution in [0.1, 0.15) is 17.3 Å². The number of thiocarbonyl (C=S) groups is 1. The third-order valence-corrected chi connectivity index (χ3v) is 4.57. The normalized spacial score (nSPS) is 10.6. The van der Waals surface area contributed by atoms with E-state index in [1.54, 1.807) is 24.3 Å². The maximum Gasteiger partial charge on any atom is 0.260 e. The molecule has 1 heterocycles. The van der Waals surface area contributed by atoms with Gasteiger partial charge in [-0.2, -0.15) is 4.80 Å². The molecule has 0 spiro atoms. The summed E-state index contributed by atoms with van der Waals surface area (Å²) < 4.78 is 19.2. The Labute approximate surface area is 182 Å². The van der Waals surface area contributed by atoms with Gasteiger partial charge in [-0.25, -0.2) is 4.39 Å². The molecule has 9 heteroatoms. The summed E-state index contributed by atoms with van der Waals surface area (Å²) in [6, 6.07) is 18.5. The van der Waals surface area contributed by atoms with Crippen LogP contribution in [0.15, 0.2) is 66.7 Å². The molecule has 7 nitrogen and oxygen atoms in total. The summed E-state index contributed by atoms with van der Waals surface area (Å²) in [6.45, 7) is 2.53. The van der Waals surface area contributed by atoms with Gasteiger partial charge >= 0.3 is 0 Å². The topological polar surface area (TPSA) is 81.1 Å². The lowest BCUT2D eigenvalue weighted by molar-refractivity contribution is 0.0974. The van der Waals surface area contributed by atoms with E-state index in [4.69, 9.17) is 17.0 Å². The van der Waals surface area contributed by atoms with Gasteiger partial charge in [0.05, 0.1) is 17.9 Å². The fourth-order valence-corrected chi connectivity index (χ4v) is 3.14. The molecule has 4 rings (SSSR count). The molecule has 0 radical (unpaired) electrons. The second-order valence-corrected chi connectivity index (χ2v) is 6.92. The molecule has 0 fully saturated rings. The highest BCUT2D eigenvalue weighted by atomic mass is 32.1. The van der Waals surface area contributed by atoms with E-state index in [2.05, 4.69) is 20.8 Å². The molecule has 4 aromatic rings. The molecule has 0 aliphatic rings. The van der Waals surface area contributed by atoms with E-state index >= 15 is 0 Å².